The number of rotatable bonds is 5. The molecule has 0 fully saturated rings. The van der Waals surface area contributed by atoms with E-state index in [1.165, 1.54) is 0 Å². The third-order valence-corrected chi connectivity index (χ3v) is 4.51. The van der Waals surface area contributed by atoms with Crippen molar-refractivity contribution in [2.24, 2.45) is 0 Å². The van der Waals surface area contributed by atoms with Gasteiger partial charge in [-0.2, -0.15) is 0 Å². The Kier molecular flexibility index (Phi) is 6.87. The number of carboxylic acids is 1. The number of aryl methyl sites for hydroxylation is 1. The molecule has 26 heavy (non-hydrogen) atoms. The first-order valence-electron chi connectivity index (χ1n) is 8.28. The standard InChI is InChI=1S/C20H21NO4.Na/c1-12-7-9-14(10-8-12)16(20(23)24)11-18(22)21-19-13(2)25-17-6-4-3-5-15(17)19;/h3-10,13,16,19H,11H2,1-2H3,(H,21,22)(H,23,24);/q;+1/p-1. The molecular formula is C20H20NNaO4. The van der Waals surface area contributed by atoms with E-state index in [9.17, 15) is 14.7 Å². The van der Waals surface area contributed by atoms with Gasteiger partial charge in [0.25, 0.3) is 0 Å². The van der Waals surface area contributed by atoms with E-state index in [1.54, 1.807) is 12.1 Å². The van der Waals surface area contributed by atoms with Crippen LogP contribution in [0.3, 0.4) is 0 Å². The normalized spacial score (nSPS) is 18.8. The molecule has 3 unspecified atom stereocenters. The number of nitrogens with one attached hydrogen (secondary N) is 1. The van der Waals surface area contributed by atoms with Crippen molar-refractivity contribution >= 4 is 11.9 Å². The van der Waals surface area contributed by atoms with E-state index in [0.29, 0.717) is 5.56 Å². The second kappa shape index (κ2) is 8.71. The fourth-order valence-electron chi connectivity index (χ4n) is 3.11. The SMILES string of the molecule is Cc1ccc(C(CC(=O)NC2c3ccccc3OC2C)C(=O)[O-])cc1.[Na+]. The Morgan fingerprint density at radius 1 is 1.15 bits per heavy atom. The van der Waals surface area contributed by atoms with Gasteiger partial charge in [-0.15, -0.1) is 0 Å². The van der Waals surface area contributed by atoms with Gasteiger partial charge in [-0.3, -0.25) is 4.79 Å². The summed E-state index contributed by atoms with van der Waals surface area (Å²) in [5, 5.41) is 14.4. The summed E-state index contributed by atoms with van der Waals surface area (Å²) in [4.78, 5) is 24.0. The maximum absolute atomic E-state index is 12.5. The van der Waals surface area contributed by atoms with Crippen molar-refractivity contribution in [2.45, 2.75) is 38.3 Å². The summed E-state index contributed by atoms with van der Waals surface area (Å²) in [5.74, 6) is -1.83. The zero-order chi connectivity index (χ0) is 18.0. The molecule has 1 heterocycles. The molecule has 3 rings (SSSR count). The molecule has 1 aliphatic heterocycles. The maximum atomic E-state index is 12.5. The minimum Gasteiger partial charge on any atom is -0.549 e. The second-order valence-corrected chi connectivity index (χ2v) is 6.39. The number of fused-ring (bicyclic) bond motifs is 1. The van der Waals surface area contributed by atoms with Crippen molar-refractivity contribution in [2.75, 3.05) is 0 Å². The summed E-state index contributed by atoms with van der Waals surface area (Å²) in [5.41, 5.74) is 2.50. The van der Waals surface area contributed by atoms with E-state index in [-0.39, 0.29) is 54.0 Å². The van der Waals surface area contributed by atoms with Gasteiger partial charge >= 0.3 is 29.6 Å². The number of ether oxygens (including phenoxy) is 1. The van der Waals surface area contributed by atoms with Crippen LogP contribution in [-0.4, -0.2) is 18.0 Å². The van der Waals surface area contributed by atoms with E-state index in [2.05, 4.69) is 5.32 Å². The van der Waals surface area contributed by atoms with Crippen molar-refractivity contribution in [3.63, 3.8) is 0 Å². The zero-order valence-electron chi connectivity index (χ0n) is 15.2. The summed E-state index contributed by atoms with van der Waals surface area (Å²) in [6.45, 7) is 3.80. The van der Waals surface area contributed by atoms with Gasteiger partial charge in [0, 0.05) is 23.9 Å². The van der Waals surface area contributed by atoms with E-state index in [0.717, 1.165) is 16.9 Å². The van der Waals surface area contributed by atoms with Crippen molar-refractivity contribution in [3.05, 3.63) is 65.2 Å². The summed E-state index contributed by atoms with van der Waals surface area (Å²) in [6.07, 6.45) is -0.376. The third-order valence-electron chi connectivity index (χ3n) is 4.51. The molecule has 0 saturated heterocycles. The average molecular weight is 361 g/mol. The number of hydrogen-bond acceptors (Lipinski definition) is 4. The molecule has 0 spiro atoms. The van der Waals surface area contributed by atoms with Crippen LogP contribution in [0.4, 0.5) is 0 Å². The Balaban J connectivity index is 0.00000243. The average Bonchev–Trinajstić information content (AvgIpc) is 2.89. The molecule has 0 aromatic heterocycles. The Hall–Kier alpha value is -1.82. The van der Waals surface area contributed by atoms with Crippen LogP contribution >= 0.6 is 0 Å². The Morgan fingerprint density at radius 3 is 2.46 bits per heavy atom. The van der Waals surface area contributed by atoms with Gasteiger partial charge in [0.05, 0.1) is 6.04 Å². The zero-order valence-corrected chi connectivity index (χ0v) is 17.2. The fourth-order valence-corrected chi connectivity index (χ4v) is 3.11. The Labute approximate surface area is 175 Å². The van der Waals surface area contributed by atoms with Gasteiger partial charge in [0.15, 0.2) is 0 Å². The molecule has 0 bridgehead atoms. The van der Waals surface area contributed by atoms with Gasteiger partial charge in [-0.1, -0.05) is 48.0 Å². The maximum Gasteiger partial charge on any atom is 1.00 e. The Bertz CT molecular complexity index is 791. The first-order valence-corrected chi connectivity index (χ1v) is 8.28. The molecular weight excluding hydrogens is 341 g/mol. The number of para-hydroxylation sites is 1. The quantitative estimate of drug-likeness (QED) is 0.683. The third kappa shape index (κ3) is 4.47. The van der Waals surface area contributed by atoms with Crippen LogP contribution in [0.1, 0.15) is 42.0 Å². The number of benzene rings is 2. The largest absolute Gasteiger partial charge is 1.00 e. The molecule has 5 nitrogen and oxygen atoms in total. The van der Waals surface area contributed by atoms with Gasteiger partial charge < -0.3 is 20.0 Å². The molecule has 1 N–H and O–H groups in total. The molecule has 2 aromatic rings. The molecule has 2 aromatic carbocycles. The summed E-state index contributed by atoms with van der Waals surface area (Å²) >= 11 is 0. The summed E-state index contributed by atoms with van der Waals surface area (Å²) in [6, 6.07) is 14.3. The van der Waals surface area contributed by atoms with E-state index in [4.69, 9.17) is 4.74 Å². The van der Waals surface area contributed by atoms with E-state index in [1.807, 2.05) is 50.2 Å². The molecule has 0 aliphatic carbocycles. The van der Waals surface area contributed by atoms with Crippen molar-refractivity contribution in [1.29, 1.82) is 0 Å². The van der Waals surface area contributed by atoms with Crippen LogP contribution in [0.15, 0.2) is 48.5 Å². The summed E-state index contributed by atoms with van der Waals surface area (Å²) < 4.78 is 5.73. The number of amides is 1. The molecule has 1 aliphatic rings. The van der Waals surface area contributed by atoms with Crippen LogP contribution < -0.4 is 44.7 Å². The first kappa shape index (κ1) is 20.5. The minimum atomic E-state index is -1.25. The molecule has 0 saturated carbocycles. The van der Waals surface area contributed by atoms with Gasteiger partial charge in [-0.05, 0) is 25.5 Å². The minimum absolute atomic E-state index is 0. The van der Waals surface area contributed by atoms with Crippen molar-refractivity contribution in [1.82, 2.24) is 5.32 Å². The predicted molar refractivity (Wildman–Crippen MR) is 91.0 cm³/mol. The van der Waals surface area contributed by atoms with Crippen LogP contribution in [0.2, 0.25) is 0 Å². The molecule has 0 radical (unpaired) electrons. The van der Waals surface area contributed by atoms with Crippen molar-refractivity contribution < 1.29 is 49.0 Å². The van der Waals surface area contributed by atoms with Crippen LogP contribution in [-0.2, 0) is 9.59 Å². The number of aliphatic carboxylic acids is 1. The van der Waals surface area contributed by atoms with Crippen LogP contribution in [0, 0.1) is 6.92 Å². The van der Waals surface area contributed by atoms with Crippen LogP contribution in [0.25, 0.3) is 0 Å². The fraction of sp³-hybridized carbons (Fsp3) is 0.300. The van der Waals surface area contributed by atoms with E-state index < -0.39 is 11.9 Å². The topological polar surface area (TPSA) is 78.5 Å². The van der Waals surface area contributed by atoms with Gasteiger partial charge in [0.2, 0.25) is 5.91 Å². The summed E-state index contributed by atoms with van der Waals surface area (Å²) in [7, 11) is 0. The number of carbonyl (C=O) groups excluding carboxylic acids is 2. The molecule has 1 amide bonds. The number of carboxylic acid groups (broad SMARTS) is 1. The predicted octanol–water partition coefficient (Wildman–Crippen LogP) is -1.14. The van der Waals surface area contributed by atoms with Crippen LogP contribution in [0.5, 0.6) is 5.75 Å². The van der Waals surface area contributed by atoms with Crippen molar-refractivity contribution in [3.8, 4) is 5.75 Å². The number of hydrogen-bond donors (Lipinski definition) is 1. The molecule has 6 heteroatoms. The second-order valence-electron chi connectivity index (χ2n) is 6.39. The van der Waals surface area contributed by atoms with E-state index >= 15 is 0 Å². The molecule has 3 atom stereocenters. The van der Waals surface area contributed by atoms with Gasteiger partial charge in [-0.25, -0.2) is 0 Å². The first-order chi connectivity index (χ1) is 12.0. The Morgan fingerprint density at radius 2 is 1.81 bits per heavy atom. The van der Waals surface area contributed by atoms with Gasteiger partial charge in [0.1, 0.15) is 11.9 Å². The smallest absolute Gasteiger partial charge is 0.549 e. The monoisotopic (exact) mass is 361 g/mol. The molecule has 130 valence electrons. The number of carbonyl (C=O) groups is 2.